The van der Waals surface area contributed by atoms with Gasteiger partial charge >= 0.3 is 6.09 Å². The van der Waals surface area contributed by atoms with E-state index in [9.17, 15) is 4.79 Å². The second-order valence-corrected chi connectivity index (χ2v) is 6.43. The van der Waals surface area contributed by atoms with Crippen molar-refractivity contribution in [1.82, 2.24) is 20.1 Å². The van der Waals surface area contributed by atoms with Crippen LogP contribution in [0.15, 0.2) is 18.3 Å². The van der Waals surface area contributed by atoms with Crippen molar-refractivity contribution in [2.24, 2.45) is 0 Å². The van der Waals surface area contributed by atoms with E-state index in [0.29, 0.717) is 13.1 Å². The monoisotopic (exact) mass is 303 g/mol. The zero-order chi connectivity index (χ0) is 15.7. The molecule has 1 N–H and O–H groups in total. The maximum Gasteiger partial charge on any atom is 0.410 e. The molecule has 0 bridgehead atoms. The van der Waals surface area contributed by atoms with Crippen LogP contribution in [0.4, 0.5) is 10.6 Å². The Morgan fingerprint density at radius 2 is 1.95 bits per heavy atom. The predicted molar refractivity (Wildman–Crippen MR) is 83.9 cm³/mol. The number of nitrogens with one attached hydrogen (secondary N) is 1. The van der Waals surface area contributed by atoms with Crippen LogP contribution in [0.5, 0.6) is 0 Å². The van der Waals surface area contributed by atoms with Gasteiger partial charge in [0.05, 0.1) is 6.20 Å². The van der Waals surface area contributed by atoms with Crippen LogP contribution < -0.4 is 4.90 Å². The molecule has 0 radical (unpaired) electrons. The Kier molecular flexibility index (Phi) is 3.64. The van der Waals surface area contributed by atoms with Crippen LogP contribution in [0, 0.1) is 0 Å². The summed E-state index contributed by atoms with van der Waals surface area (Å²) in [7, 11) is 0. The van der Waals surface area contributed by atoms with Crippen LogP contribution in [0.2, 0.25) is 0 Å². The summed E-state index contributed by atoms with van der Waals surface area (Å²) in [5, 5.41) is 7.86. The third-order valence-electron chi connectivity index (χ3n) is 3.54. The van der Waals surface area contributed by atoms with Gasteiger partial charge in [-0.1, -0.05) is 0 Å². The lowest BCUT2D eigenvalue weighted by Gasteiger charge is -2.36. The Hall–Kier alpha value is -2.31. The van der Waals surface area contributed by atoms with E-state index in [1.54, 1.807) is 11.1 Å². The summed E-state index contributed by atoms with van der Waals surface area (Å²) in [5.41, 5.74) is 0.327. The number of carbonyl (C=O) groups is 1. The van der Waals surface area contributed by atoms with Crippen molar-refractivity contribution in [1.29, 1.82) is 0 Å². The van der Waals surface area contributed by atoms with Crippen molar-refractivity contribution in [3.8, 4) is 0 Å². The molecule has 1 fully saturated rings. The standard InChI is InChI=1S/C15H21N5O2/c1-15(2,3)22-14(21)20-8-6-19(7-9-20)12-5-4-11-10-16-18-13(11)17-12/h4-5,10H,6-9H2,1-3H3,(H,16,17,18). The minimum absolute atomic E-state index is 0.246. The first-order chi connectivity index (χ1) is 10.4. The number of fused-ring (bicyclic) bond motifs is 1. The molecule has 3 rings (SSSR count). The van der Waals surface area contributed by atoms with E-state index >= 15 is 0 Å². The van der Waals surface area contributed by atoms with E-state index in [1.165, 1.54) is 0 Å². The third kappa shape index (κ3) is 3.13. The molecule has 1 amide bonds. The lowest BCUT2D eigenvalue weighted by molar-refractivity contribution is 0.0240. The zero-order valence-electron chi connectivity index (χ0n) is 13.2. The minimum Gasteiger partial charge on any atom is -0.444 e. The summed E-state index contributed by atoms with van der Waals surface area (Å²) in [6.07, 6.45) is 1.51. The molecule has 3 heterocycles. The van der Waals surface area contributed by atoms with Gasteiger partial charge in [-0.05, 0) is 32.9 Å². The molecule has 7 nitrogen and oxygen atoms in total. The topological polar surface area (TPSA) is 74.3 Å². The van der Waals surface area contributed by atoms with Crippen LogP contribution in [0.1, 0.15) is 20.8 Å². The smallest absolute Gasteiger partial charge is 0.410 e. The van der Waals surface area contributed by atoms with Crippen LogP contribution in [-0.2, 0) is 4.74 Å². The molecule has 0 aliphatic carbocycles. The van der Waals surface area contributed by atoms with Gasteiger partial charge in [0.25, 0.3) is 0 Å². The number of H-pyrrole nitrogens is 1. The molecule has 118 valence electrons. The van der Waals surface area contributed by atoms with Crippen molar-refractivity contribution in [2.45, 2.75) is 26.4 Å². The molecule has 0 aromatic carbocycles. The highest BCUT2D eigenvalue weighted by Gasteiger charge is 2.26. The molecule has 7 heteroatoms. The Bertz CT molecular complexity index is 668. The quantitative estimate of drug-likeness (QED) is 0.872. The van der Waals surface area contributed by atoms with Crippen LogP contribution in [-0.4, -0.2) is 58.0 Å². The molecule has 0 saturated carbocycles. The van der Waals surface area contributed by atoms with Gasteiger partial charge in [-0.15, -0.1) is 0 Å². The normalized spacial score (nSPS) is 16.1. The van der Waals surface area contributed by atoms with E-state index < -0.39 is 5.60 Å². The van der Waals surface area contributed by atoms with E-state index in [0.717, 1.165) is 29.9 Å². The summed E-state index contributed by atoms with van der Waals surface area (Å²) in [6.45, 7) is 8.40. The van der Waals surface area contributed by atoms with Gasteiger partial charge in [-0.3, -0.25) is 5.10 Å². The average Bonchev–Trinajstić information content (AvgIpc) is 2.93. The molecule has 2 aromatic rings. The number of piperazine rings is 1. The molecule has 1 saturated heterocycles. The number of aromatic amines is 1. The van der Waals surface area contributed by atoms with Gasteiger partial charge in [-0.25, -0.2) is 9.78 Å². The molecular weight excluding hydrogens is 282 g/mol. The molecule has 2 aromatic heterocycles. The lowest BCUT2D eigenvalue weighted by atomic mass is 10.2. The first kappa shape index (κ1) is 14.6. The fourth-order valence-electron chi connectivity index (χ4n) is 2.44. The van der Waals surface area contributed by atoms with Gasteiger partial charge in [0.15, 0.2) is 5.65 Å². The third-order valence-corrected chi connectivity index (χ3v) is 3.54. The number of ether oxygens (including phenoxy) is 1. The van der Waals surface area contributed by atoms with Crippen molar-refractivity contribution < 1.29 is 9.53 Å². The van der Waals surface area contributed by atoms with Gasteiger partial charge in [0.2, 0.25) is 0 Å². The van der Waals surface area contributed by atoms with Gasteiger partial charge < -0.3 is 14.5 Å². The van der Waals surface area contributed by atoms with Crippen molar-refractivity contribution in [3.05, 3.63) is 18.3 Å². The minimum atomic E-state index is -0.457. The molecule has 0 unspecified atom stereocenters. The molecule has 22 heavy (non-hydrogen) atoms. The Morgan fingerprint density at radius 1 is 1.23 bits per heavy atom. The van der Waals surface area contributed by atoms with Crippen LogP contribution in [0.3, 0.4) is 0 Å². The number of hydrogen-bond donors (Lipinski definition) is 1. The Balaban J connectivity index is 1.62. The summed E-state index contributed by atoms with van der Waals surface area (Å²) >= 11 is 0. The van der Waals surface area contributed by atoms with E-state index in [4.69, 9.17) is 4.74 Å². The molecule has 0 atom stereocenters. The van der Waals surface area contributed by atoms with Crippen molar-refractivity contribution in [2.75, 3.05) is 31.1 Å². The van der Waals surface area contributed by atoms with Crippen LogP contribution in [0.25, 0.3) is 11.0 Å². The molecule has 1 aliphatic rings. The highest BCUT2D eigenvalue weighted by Crippen LogP contribution is 2.18. The fraction of sp³-hybridized carbons (Fsp3) is 0.533. The second-order valence-electron chi connectivity index (χ2n) is 6.43. The lowest BCUT2D eigenvalue weighted by Crippen LogP contribution is -2.50. The first-order valence-corrected chi connectivity index (χ1v) is 7.45. The Labute approximate surface area is 129 Å². The summed E-state index contributed by atoms with van der Waals surface area (Å²) in [4.78, 5) is 20.5. The van der Waals surface area contributed by atoms with E-state index in [2.05, 4.69) is 20.1 Å². The fourth-order valence-corrected chi connectivity index (χ4v) is 2.44. The molecule has 0 spiro atoms. The predicted octanol–water partition coefficient (Wildman–Crippen LogP) is 2.01. The number of rotatable bonds is 1. The number of hydrogen-bond acceptors (Lipinski definition) is 5. The average molecular weight is 303 g/mol. The van der Waals surface area contributed by atoms with E-state index in [1.807, 2.05) is 32.9 Å². The molecule has 1 aliphatic heterocycles. The summed E-state index contributed by atoms with van der Waals surface area (Å²) < 4.78 is 5.40. The number of aromatic nitrogens is 3. The maximum atomic E-state index is 12.1. The van der Waals surface area contributed by atoms with E-state index in [-0.39, 0.29) is 6.09 Å². The second kappa shape index (κ2) is 5.47. The highest BCUT2D eigenvalue weighted by atomic mass is 16.6. The zero-order valence-corrected chi connectivity index (χ0v) is 13.2. The summed E-state index contributed by atoms with van der Waals surface area (Å²) in [6, 6.07) is 3.99. The van der Waals surface area contributed by atoms with Gasteiger partial charge in [-0.2, -0.15) is 5.10 Å². The van der Waals surface area contributed by atoms with Gasteiger partial charge in [0.1, 0.15) is 11.4 Å². The maximum absolute atomic E-state index is 12.1. The van der Waals surface area contributed by atoms with Gasteiger partial charge in [0, 0.05) is 31.6 Å². The van der Waals surface area contributed by atoms with Crippen LogP contribution >= 0.6 is 0 Å². The molecular formula is C15H21N5O2. The first-order valence-electron chi connectivity index (χ1n) is 7.45. The highest BCUT2D eigenvalue weighted by molar-refractivity contribution is 5.76. The van der Waals surface area contributed by atoms with Crippen molar-refractivity contribution >= 4 is 22.9 Å². The number of carbonyl (C=O) groups excluding carboxylic acids is 1. The number of amides is 1. The number of nitrogens with zero attached hydrogens (tertiary/aromatic N) is 4. The number of pyridine rings is 1. The number of anilines is 1. The largest absolute Gasteiger partial charge is 0.444 e. The Morgan fingerprint density at radius 3 is 2.64 bits per heavy atom. The van der Waals surface area contributed by atoms with Crippen molar-refractivity contribution in [3.63, 3.8) is 0 Å². The summed E-state index contributed by atoms with van der Waals surface area (Å²) in [5.74, 6) is 0.903. The SMILES string of the molecule is CC(C)(C)OC(=O)N1CCN(c2ccc3cn[nH]c3n2)CC1.